The summed E-state index contributed by atoms with van der Waals surface area (Å²) in [5.74, 6) is 0. The van der Waals surface area contributed by atoms with Crippen molar-refractivity contribution < 1.29 is 18.3 Å². The predicted octanol–water partition coefficient (Wildman–Crippen LogP) is 3.94. The van der Waals surface area contributed by atoms with Crippen LogP contribution in [0.4, 0.5) is 13.2 Å². The molecule has 1 aromatic carbocycles. The molecule has 110 valence electrons. The van der Waals surface area contributed by atoms with Gasteiger partial charge in [0.2, 0.25) is 0 Å². The van der Waals surface area contributed by atoms with Gasteiger partial charge in [-0.15, -0.1) is 12.4 Å². The zero-order chi connectivity index (χ0) is 13.9. The second kappa shape index (κ2) is 7.33. The van der Waals surface area contributed by atoms with E-state index in [0.29, 0.717) is 12.8 Å². The molecule has 0 amide bonds. The van der Waals surface area contributed by atoms with E-state index >= 15 is 0 Å². The van der Waals surface area contributed by atoms with E-state index in [9.17, 15) is 18.3 Å². The highest BCUT2D eigenvalue weighted by Crippen LogP contribution is 2.36. The lowest BCUT2D eigenvalue weighted by Gasteiger charge is -2.20. The van der Waals surface area contributed by atoms with Crippen LogP contribution in [0.2, 0.25) is 5.02 Å². The monoisotopic (exact) mass is 317 g/mol. The molecule has 0 fully saturated rings. The Hall–Kier alpha value is -0.490. The van der Waals surface area contributed by atoms with Gasteiger partial charge in [0.25, 0.3) is 0 Å². The summed E-state index contributed by atoms with van der Waals surface area (Å²) >= 11 is 5.50. The Bertz CT molecular complexity index is 412. The van der Waals surface area contributed by atoms with Gasteiger partial charge >= 0.3 is 6.18 Å². The molecule has 0 aromatic heterocycles. The Balaban J connectivity index is 0.00000324. The summed E-state index contributed by atoms with van der Waals surface area (Å²) in [7, 11) is 0. The van der Waals surface area contributed by atoms with Crippen LogP contribution < -0.4 is 5.73 Å². The number of hydrogen-bond acceptors (Lipinski definition) is 2. The van der Waals surface area contributed by atoms with Gasteiger partial charge in [0.05, 0.1) is 22.7 Å². The third kappa shape index (κ3) is 4.84. The molecule has 0 spiro atoms. The number of hydrogen-bond donors (Lipinski definition) is 2. The third-order valence-electron chi connectivity index (χ3n) is 2.68. The molecule has 0 saturated carbocycles. The van der Waals surface area contributed by atoms with Crippen molar-refractivity contribution >= 4 is 24.0 Å². The molecule has 0 aliphatic carbocycles. The standard InChI is InChI=1S/C12H15ClF3NO.ClH/c1-2-3-10(18)11(17)7-4-5-9(13)8(6-7)12(14,15)16;/h4-6,10-11,18H,2-3,17H2,1H3;1H/t10-,11+;/m0./s1. The van der Waals surface area contributed by atoms with Crippen LogP contribution in [0.5, 0.6) is 0 Å². The van der Waals surface area contributed by atoms with Crippen LogP contribution in [-0.2, 0) is 6.18 Å². The highest BCUT2D eigenvalue weighted by Gasteiger charge is 2.34. The number of aliphatic hydroxyl groups is 1. The largest absolute Gasteiger partial charge is 0.417 e. The number of rotatable bonds is 4. The normalized spacial score (nSPS) is 14.7. The van der Waals surface area contributed by atoms with E-state index in [-0.39, 0.29) is 23.0 Å². The molecular weight excluding hydrogens is 302 g/mol. The highest BCUT2D eigenvalue weighted by molar-refractivity contribution is 6.31. The molecule has 1 aromatic rings. The van der Waals surface area contributed by atoms with Crippen LogP contribution in [0.1, 0.15) is 36.9 Å². The van der Waals surface area contributed by atoms with Gasteiger partial charge < -0.3 is 10.8 Å². The van der Waals surface area contributed by atoms with Gasteiger partial charge in [-0.1, -0.05) is 31.0 Å². The van der Waals surface area contributed by atoms with Gasteiger partial charge in [-0.3, -0.25) is 0 Å². The molecule has 0 saturated heterocycles. The lowest BCUT2D eigenvalue weighted by molar-refractivity contribution is -0.137. The number of nitrogens with two attached hydrogens (primary N) is 1. The van der Waals surface area contributed by atoms with E-state index < -0.39 is 23.9 Å². The van der Waals surface area contributed by atoms with E-state index in [2.05, 4.69) is 0 Å². The smallest absolute Gasteiger partial charge is 0.391 e. The van der Waals surface area contributed by atoms with Crippen molar-refractivity contribution in [2.24, 2.45) is 5.73 Å². The maximum atomic E-state index is 12.7. The van der Waals surface area contributed by atoms with Gasteiger partial charge in [-0.2, -0.15) is 13.2 Å². The minimum Gasteiger partial charge on any atom is -0.391 e. The van der Waals surface area contributed by atoms with Crippen LogP contribution in [0.25, 0.3) is 0 Å². The molecule has 0 heterocycles. The first kappa shape index (κ1) is 18.5. The summed E-state index contributed by atoms with van der Waals surface area (Å²) in [5, 5.41) is 9.32. The van der Waals surface area contributed by atoms with E-state index in [1.165, 1.54) is 6.07 Å². The molecule has 7 heteroatoms. The molecule has 0 radical (unpaired) electrons. The zero-order valence-corrected chi connectivity index (χ0v) is 11.8. The van der Waals surface area contributed by atoms with Crippen molar-refractivity contribution in [3.63, 3.8) is 0 Å². The molecule has 0 bridgehead atoms. The summed E-state index contributed by atoms with van der Waals surface area (Å²) in [6.07, 6.45) is -4.25. The molecule has 2 atom stereocenters. The van der Waals surface area contributed by atoms with Crippen LogP contribution in [-0.4, -0.2) is 11.2 Å². The Labute approximate surface area is 121 Å². The second-order valence-corrected chi connectivity index (χ2v) is 4.53. The summed E-state index contributed by atoms with van der Waals surface area (Å²) in [5.41, 5.74) is 5.03. The fraction of sp³-hybridized carbons (Fsp3) is 0.500. The van der Waals surface area contributed by atoms with Crippen molar-refractivity contribution in [1.29, 1.82) is 0 Å². The Morgan fingerprint density at radius 3 is 2.42 bits per heavy atom. The quantitative estimate of drug-likeness (QED) is 0.883. The lowest BCUT2D eigenvalue weighted by atomic mass is 9.97. The van der Waals surface area contributed by atoms with Gasteiger partial charge in [0, 0.05) is 0 Å². The molecule has 3 N–H and O–H groups in total. The maximum absolute atomic E-state index is 12.7. The van der Waals surface area contributed by atoms with E-state index in [0.717, 1.165) is 12.1 Å². The first-order valence-electron chi connectivity index (χ1n) is 5.57. The van der Waals surface area contributed by atoms with Crippen LogP contribution in [0, 0.1) is 0 Å². The molecule has 1 rings (SSSR count). The number of aliphatic hydroxyl groups excluding tert-OH is 1. The Morgan fingerprint density at radius 2 is 1.95 bits per heavy atom. The SMILES string of the molecule is CCC[C@H](O)[C@H](N)c1ccc(Cl)c(C(F)(F)F)c1.Cl. The minimum atomic E-state index is -4.53. The molecule has 2 nitrogen and oxygen atoms in total. The molecule has 19 heavy (non-hydrogen) atoms. The average Bonchev–Trinajstić information content (AvgIpc) is 2.27. The number of alkyl halides is 3. The van der Waals surface area contributed by atoms with Gasteiger partial charge in [-0.05, 0) is 24.1 Å². The van der Waals surface area contributed by atoms with Crippen molar-refractivity contribution in [1.82, 2.24) is 0 Å². The van der Waals surface area contributed by atoms with E-state index in [1.54, 1.807) is 0 Å². The summed E-state index contributed by atoms with van der Waals surface area (Å²) in [6.45, 7) is 1.86. The number of benzene rings is 1. The first-order valence-corrected chi connectivity index (χ1v) is 5.95. The molecular formula is C12H16Cl2F3NO. The van der Waals surface area contributed by atoms with Crippen molar-refractivity contribution in [2.75, 3.05) is 0 Å². The fourth-order valence-corrected chi connectivity index (χ4v) is 1.89. The average molecular weight is 318 g/mol. The first-order chi connectivity index (χ1) is 8.27. The molecule has 0 aliphatic heterocycles. The maximum Gasteiger partial charge on any atom is 0.417 e. The van der Waals surface area contributed by atoms with E-state index in [4.69, 9.17) is 17.3 Å². The van der Waals surface area contributed by atoms with Gasteiger partial charge in [0.1, 0.15) is 0 Å². The summed E-state index contributed by atoms with van der Waals surface area (Å²) in [4.78, 5) is 0. The molecule has 0 unspecified atom stereocenters. The molecule has 0 aliphatic rings. The third-order valence-corrected chi connectivity index (χ3v) is 3.01. The van der Waals surface area contributed by atoms with Crippen LogP contribution in [0.15, 0.2) is 18.2 Å². The fourth-order valence-electron chi connectivity index (χ4n) is 1.66. The van der Waals surface area contributed by atoms with Crippen molar-refractivity contribution in [3.05, 3.63) is 34.3 Å². The van der Waals surface area contributed by atoms with E-state index in [1.807, 2.05) is 6.92 Å². The highest BCUT2D eigenvalue weighted by atomic mass is 35.5. The summed E-state index contributed by atoms with van der Waals surface area (Å²) in [6, 6.07) is 2.61. The van der Waals surface area contributed by atoms with Crippen LogP contribution >= 0.6 is 24.0 Å². The minimum absolute atomic E-state index is 0. The van der Waals surface area contributed by atoms with Gasteiger partial charge in [0.15, 0.2) is 0 Å². The van der Waals surface area contributed by atoms with Crippen molar-refractivity contribution in [3.8, 4) is 0 Å². The Kier molecular flexibility index (Phi) is 7.15. The zero-order valence-electron chi connectivity index (χ0n) is 10.2. The predicted molar refractivity (Wildman–Crippen MR) is 71.5 cm³/mol. The van der Waals surface area contributed by atoms with Gasteiger partial charge in [-0.25, -0.2) is 0 Å². The second-order valence-electron chi connectivity index (χ2n) is 4.12. The summed E-state index contributed by atoms with van der Waals surface area (Å²) < 4.78 is 38.0. The Morgan fingerprint density at radius 1 is 1.37 bits per heavy atom. The van der Waals surface area contributed by atoms with Crippen LogP contribution in [0.3, 0.4) is 0 Å². The van der Waals surface area contributed by atoms with Crippen molar-refractivity contribution in [2.45, 2.75) is 38.1 Å². The topological polar surface area (TPSA) is 46.2 Å². The number of halogens is 5. The lowest BCUT2D eigenvalue weighted by Crippen LogP contribution is -2.26.